The molecule has 0 bridgehead atoms. The molecule has 1 N–H and O–H groups in total. The van der Waals surface area contributed by atoms with Crippen molar-refractivity contribution in [1.29, 1.82) is 0 Å². The summed E-state index contributed by atoms with van der Waals surface area (Å²) in [6.45, 7) is 5.26. The fraction of sp³-hybridized carbons (Fsp3) is 0.200. The molecule has 0 saturated heterocycles. The Morgan fingerprint density at radius 2 is 2.22 bits per heavy atom. The molecule has 1 aromatic heterocycles. The second-order valence-corrected chi connectivity index (χ2v) is 4.82. The van der Waals surface area contributed by atoms with E-state index >= 15 is 0 Å². The van der Waals surface area contributed by atoms with Crippen molar-refractivity contribution in [3.8, 4) is 5.69 Å². The first-order chi connectivity index (χ1) is 10.9. The molecule has 0 fully saturated rings. The quantitative estimate of drug-likeness (QED) is 0.390. The minimum atomic E-state index is -1.45. The monoisotopic (exact) mass is 317 g/mol. The number of carbonyl (C=O) groups is 1. The molecule has 120 valence electrons. The molecule has 0 spiro atoms. The van der Waals surface area contributed by atoms with E-state index in [0.29, 0.717) is 0 Å². The lowest BCUT2D eigenvalue weighted by Crippen LogP contribution is -2.16. The van der Waals surface area contributed by atoms with E-state index in [4.69, 9.17) is 0 Å². The van der Waals surface area contributed by atoms with E-state index in [1.165, 1.54) is 23.0 Å². The van der Waals surface area contributed by atoms with Crippen molar-refractivity contribution in [3.05, 3.63) is 64.2 Å². The SMILES string of the molecule is C=C(C(=O)OC)C(O)c1nccn1-c1cc(C)ccc1[N+](=O)[O-]. The number of carbonyl (C=O) groups excluding carboxylic acids is 1. The molecule has 1 heterocycles. The van der Waals surface area contributed by atoms with Gasteiger partial charge in [-0.15, -0.1) is 0 Å². The van der Waals surface area contributed by atoms with Gasteiger partial charge in [-0.1, -0.05) is 12.6 Å². The fourth-order valence-corrected chi connectivity index (χ4v) is 2.10. The Labute approximate surface area is 131 Å². The molecule has 1 unspecified atom stereocenters. The molecule has 0 aliphatic rings. The van der Waals surface area contributed by atoms with Gasteiger partial charge in [0.05, 0.1) is 17.6 Å². The maximum Gasteiger partial charge on any atom is 0.336 e. The van der Waals surface area contributed by atoms with Crippen LogP contribution in [-0.2, 0) is 9.53 Å². The zero-order chi connectivity index (χ0) is 17.1. The summed E-state index contributed by atoms with van der Waals surface area (Å²) in [5.74, 6) is -0.750. The van der Waals surface area contributed by atoms with Crippen molar-refractivity contribution in [2.24, 2.45) is 0 Å². The third-order valence-corrected chi connectivity index (χ3v) is 3.28. The van der Waals surface area contributed by atoms with Crippen molar-refractivity contribution in [2.75, 3.05) is 7.11 Å². The van der Waals surface area contributed by atoms with Crippen LogP contribution >= 0.6 is 0 Å². The summed E-state index contributed by atoms with van der Waals surface area (Å²) in [6, 6.07) is 4.58. The number of methoxy groups -OCH3 is 1. The first-order valence-corrected chi connectivity index (χ1v) is 6.60. The topological polar surface area (TPSA) is 107 Å². The van der Waals surface area contributed by atoms with Crippen molar-refractivity contribution < 1.29 is 19.6 Å². The third kappa shape index (κ3) is 3.11. The third-order valence-electron chi connectivity index (χ3n) is 3.28. The number of hydrogen-bond acceptors (Lipinski definition) is 6. The molecule has 0 radical (unpaired) electrons. The molecule has 0 saturated carbocycles. The number of nitro groups is 1. The fourth-order valence-electron chi connectivity index (χ4n) is 2.10. The maximum atomic E-state index is 11.5. The predicted octanol–water partition coefficient (Wildman–Crippen LogP) is 1.85. The van der Waals surface area contributed by atoms with E-state index in [-0.39, 0.29) is 22.8 Å². The molecular weight excluding hydrogens is 302 g/mol. The summed E-state index contributed by atoms with van der Waals surface area (Å²) in [5.41, 5.74) is 0.673. The molecule has 23 heavy (non-hydrogen) atoms. The number of nitro benzene ring substituents is 1. The summed E-state index contributed by atoms with van der Waals surface area (Å²) < 4.78 is 5.87. The van der Waals surface area contributed by atoms with Crippen LogP contribution in [0.3, 0.4) is 0 Å². The number of benzene rings is 1. The molecule has 8 heteroatoms. The Morgan fingerprint density at radius 1 is 1.52 bits per heavy atom. The van der Waals surface area contributed by atoms with Gasteiger partial charge in [0.25, 0.3) is 5.69 Å². The van der Waals surface area contributed by atoms with E-state index in [2.05, 4.69) is 16.3 Å². The first kappa shape index (κ1) is 16.4. The van der Waals surface area contributed by atoms with E-state index in [1.54, 1.807) is 19.1 Å². The van der Waals surface area contributed by atoms with Crippen LogP contribution in [-0.4, -0.2) is 32.7 Å². The van der Waals surface area contributed by atoms with Gasteiger partial charge in [-0.3, -0.25) is 14.7 Å². The van der Waals surface area contributed by atoms with Gasteiger partial charge >= 0.3 is 5.97 Å². The lowest BCUT2D eigenvalue weighted by molar-refractivity contribution is -0.384. The molecule has 0 aliphatic carbocycles. The summed E-state index contributed by atoms with van der Waals surface area (Å²) >= 11 is 0. The normalized spacial score (nSPS) is 11.8. The van der Waals surface area contributed by atoms with Crippen LogP contribution in [0.1, 0.15) is 17.5 Å². The van der Waals surface area contributed by atoms with Crippen molar-refractivity contribution in [2.45, 2.75) is 13.0 Å². The number of aliphatic hydroxyl groups is 1. The van der Waals surface area contributed by atoms with Gasteiger partial charge in [-0.25, -0.2) is 9.78 Å². The second kappa shape index (κ2) is 6.41. The molecule has 0 aliphatic heterocycles. The number of aromatic nitrogens is 2. The van der Waals surface area contributed by atoms with Crippen LogP contribution in [0.15, 0.2) is 42.7 Å². The van der Waals surface area contributed by atoms with Crippen LogP contribution in [0.5, 0.6) is 0 Å². The number of nitrogens with zero attached hydrogens (tertiary/aromatic N) is 3. The summed E-state index contributed by atoms with van der Waals surface area (Å²) in [5, 5.41) is 21.5. The number of rotatable bonds is 5. The first-order valence-electron chi connectivity index (χ1n) is 6.60. The predicted molar refractivity (Wildman–Crippen MR) is 81.1 cm³/mol. The number of imidazole rings is 1. The smallest absolute Gasteiger partial charge is 0.336 e. The van der Waals surface area contributed by atoms with Gasteiger partial charge in [0.15, 0.2) is 0 Å². The van der Waals surface area contributed by atoms with Gasteiger partial charge in [0.2, 0.25) is 0 Å². The minimum Gasteiger partial charge on any atom is -0.466 e. The van der Waals surface area contributed by atoms with Crippen LogP contribution in [0.2, 0.25) is 0 Å². The minimum absolute atomic E-state index is 0.0362. The summed E-state index contributed by atoms with van der Waals surface area (Å²) in [7, 11) is 1.16. The van der Waals surface area contributed by atoms with Crippen LogP contribution in [0, 0.1) is 17.0 Å². The average molecular weight is 317 g/mol. The Kier molecular flexibility index (Phi) is 4.56. The van der Waals surface area contributed by atoms with Gasteiger partial charge in [-0.05, 0) is 18.6 Å². The molecule has 1 atom stereocenters. The van der Waals surface area contributed by atoms with Gasteiger partial charge in [0, 0.05) is 18.5 Å². The summed E-state index contributed by atoms with van der Waals surface area (Å²) in [6.07, 6.45) is 1.39. The van der Waals surface area contributed by atoms with Crippen LogP contribution < -0.4 is 0 Å². The maximum absolute atomic E-state index is 11.5. The van der Waals surface area contributed by atoms with Crippen molar-refractivity contribution >= 4 is 11.7 Å². The number of hydrogen-bond donors (Lipinski definition) is 1. The van der Waals surface area contributed by atoms with Crippen molar-refractivity contribution in [3.63, 3.8) is 0 Å². The number of ether oxygens (including phenoxy) is 1. The van der Waals surface area contributed by atoms with E-state index in [9.17, 15) is 20.0 Å². The van der Waals surface area contributed by atoms with Gasteiger partial charge in [-0.2, -0.15) is 0 Å². The molecular formula is C15H15N3O5. The zero-order valence-electron chi connectivity index (χ0n) is 12.6. The van der Waals surface area contributed by atoms with Crippen LogP contribution in [0.25, 0.3) is 5.69 Å². The van der Waals surface area contributed by atoms with Gasteiger partial charge < -0.3 is 9.84 Å². The van der Waals surface area contributed by atoms with Crippen LogP contribution in [0.4, 0.5) is 5.69 Å². The average Bonchev–Trinajstić information content (AvgIpc) is 3.01. The standard InChI is InChI=1S/C15H15N3O5/c1-9-4-5-11(18(21)22)12(8-9)17-7-6-16-14(17)13(19)10(2)15(20)23-3/h4-8,13,19H,2H2,1,3H3. The van der Waals surface area contributed by atoms with Crippen molar-refractivity contribution in [1.82, 2.24) is 9.55 Å². The zero-order valence-corrected chi connectivity index (χ0v) is 12.6. The molecule has 0 amide bonds. The van der Waals surface area contributed by atoms with Gasteiger partial charge in [0.1, 0.15) is 17.6 Å². The van der Waals surface area contributed by atoms with E-state index < -0.39 is 17.0 Å². The number of aryl methyl sites for hydroxylation is 1. The Hall–Kier alpha value is -3.00. The Morgan fingerprint density at radius 3 is 2.83 bits per heavy atom. The highest BCUT2D eigenvalue weighted by atomic mass is 16.6. The number of aliphatic hydroxyl groups excluding tert-OH is 1. The Balaban J connectivity index is 2.54. The summed E-state index contributed by atoms with van der Waals surface area (Å²) in [4.78, 5) is 26.2. The molecule has 2 aromatic rings. The highest BCUT2D eigenvalue weighted by molar-refractivity contribution is 5.88. The Bertz CT molecular complexity index is 781. The lowest BCUT2D eigenvalue weighted by atomic mass is 10.1. The molecule has 2 rings (SSSR count). The number of esters is 1. The largest absolute Gasteiger partial charge is 0.466 e. The molecule has 8 nitrogen and oxygen atoms in total. The van der Waals surface area contributed by atoms with E-state index in [1.807, 2.05) is 0 Å². The van der Waals surface area contributed by atoms with E-state index in [0.717, 1.165) is 12.7 Å². The highest BCUT2D eigenvalue weighted by Crippen LogP contribution is 2.28. The second-order valence-electron chi connectivity index (χ2n) is 4.82. The molecule has 1 aromatic carbocycles. The lowest BCUT2D eigenvalue weighted by Gasteiger charge is -2.14. The highest BCUT2D eigenvalue weighted by Gasteiger charge is 2.26.